The fourth-order valence-corrected chi connectivity index (χ4v) is 4.35. The van der Waals surface area contributed by atoms with Gasteiger partial charge in [0.15, 0.2) is 0 Å². The Morgan fingerprint density at radius 1 is 1.03 bits per heavy atom. The van der Waals surface area contributed by atoms with Gasteiger partial charge in [0.1, 0.15) is 5.01 Å². The molecular weight excluding hydrogens is 396 g/mol. The Labute approximate surface area is 179 Å². The number of amides is 2. The number of carbonyl (C=O) groups is 2. The molecule has 0 spiro atoms. The molecule has 30 heavy (non-hydrogen) atoms. The molecule has 0 aliphatic carbocycles. The normalized spacial score (nSPS) is 15.4. The molecule has 1 fully saturated rings. The molecular formula is C23H24N4O2S. The van der Waals surface area contributed by atoms with Crippen LogP contribution in [0.4, 0.5) is 5.69 Å². The zero-order chi connectivity index (χ0) is 20.9. The molecule has 154 valence electrons. The molecule has 1 saturated heterocycles. The Morgan fingerprint density at radius 3 is 2.70 bits per heavy atom. The van der Waals surface area contributed by atoms with Crippen LogP contribution in [-0.4, -0.2) is 59.8 Å². The number of likely N-dealkylation sites (N-methyl/N-ethyl adjacent to an activating group) is 1. The lowest BCUT2D eigenvalue weighted by atomic mass is 10.1. The fourth-order valence-electron chi connectivity index (χ4n) is 3.48. The van der Waals surface area contributed by atoms with Crippen LogP contribution in [0.3, 0.4) is 0 Å². The van der Waals surface area contributed by atoms with Crippen LogP contribution in [0.1, 0.15) is 21.8 Å². The van der Waals surface area contributed by atoms with Crippen LogP contribution in [0.25, 0.3) is 16.3 Å². The van der Waals surface area contributed by atoms with Crippen LogP contribution in [0, 0.1) is 0 Å². The highest BCUT2D eigenvalue weighted by Crippen LogP contribution is 2.23. The van der Waals surface area contributed by atoms with Gasteiger partial charge in [0, 0.05) is 25.7 Å². The molecule has 4 rings (SSSR count). The molecule has 0 bridgehead atoms. The number of nitrogens with one attached hydrogen (secondary N) is 1. The largest absolute Gasteiger partial charge is 0.337 e. The van der Waals surface area contributed by atoms with Gasteiger partial charge in [-0.05, 0) is 50.4 Å². The summed E-state index contributed by atoms with van der Waals surface area (Å²) in [6, 6.07) is 15.0. The number of fused-ring (bicyclic) bond motifs is 1. The van der Waals surface area contributed by atoms with Gasteiger partial charge in [-0.1, -0.05) is 24.3 Å². The zero-order valence-electron chi connectivity index (χ0n) is 16.9. The van der Waals surface area contributed by atoms with Crippen molar-refractivity contribution < 1.29 is 9.59 Å². The van der Waals surface area contributed by atoms with Crippen molar-refractivity contribution in [3.05, 3.63) is 65.2 Å². The van der Waals surface area contributed by atoms with Crippen LogP contribution in [0.15, 0.2) is 54.6 Å². The maximum absolute atomic E-state index is 13.1. The summed E-state index contributed by atoms with van der Waals surface area (Å²) in [5.41, 5.74) is 1.96. The van der Waals surface area contributed by atoms with Crippen LogP contribution in [0.5, 0.6) is 0 Å². The van der Waals surface area contributed by atoms with E-state index in [-0.39, 0.29) is 11.8 Å². The summed E-state index contributed by atoms with van der Waals surface area (Å²) in [5.74, 6) is -0.332. The first kappa shape index (κ1) is 20.3. The number of benzene rings is 2. The van der Waals surface area contributed by atoms with Crippen molar-refractivity contribution in [1.29, 1.82) is 0 Å². The fraction of sp³-hybridized carbons (Fsp3) is 0.261. The van der Waals surface area contributed by atoms with Gasteiger partial charge in [-0.3, -0.25) is 9.59 Å². The Hall–Kier alpha value is -3.03. The van der Waals surface area contributed by atoms with E-state index in [4.69, 9.17) is 0 Å². The number of hydrogen-bond donors (Lipinski definition) is 1. The topological polar surface area (TPSA) is 65.5 Å². The van der Waals surface area contributed by atoms with Gasteiger partial charge in [-0.2, -0.15) is 0 Å². The third-order valence-corrected chi connectivity index (χ3v) is 6.11. The van der Waals surface area contributed by atoms with Crippen molar-refractivity contribution in [2.75, 3.05) is 38.5 Å². The minimum Gasteiger partial charge on any atom is -0.337 e. The SMILES string of the molecule is CN1CCCN(C(=O)c2ccccc2NC(=O)/C=C/c2nc3ccccc3s2)CC1. The minimum absolute atomic E-state index is 0.0450. The molecule has 0 unspecified atom stereocenters. The average molecular weight is 421 g/mol. The lowest BCUT2D eigenvalue weighted by Crippen LogP contribution is -2.35. The Balaban J connectivity index is 1.46. The van der Waals surface area contributed by atoms with Crippen LogP contribution >= 0.6 is 11.3 Å². The molecule has 6 nitrogen and oxygen atoms in total. The number of carbonyl (C=O) groups excluding carboxylic acids is 2. The second-order valence-corrected chi connectivity index (χ2v) is 8.40. The standard InChI is InChI=1S/C23H24N4O2S/c1-26-13-6-14-27(16-15-26)23(29)17-7-2-3-8-18(17)24-21(28)11-12-22-25-19-9-4-5-10-20(19)30-22/h2-5,7-12H,6,13-16H2,1H3,(H,24,28)/b12-11+. The Bertz CT molecular complexity index is 1060. The van der Waals surface area contributed by atoms with E-state index in [2.05, 4.69) is 22.2 Å². The van der Waals surface area contributed by atoms with Crippen molar-refractivity contribution in [3.63, 3.8) is 0 Å². The molecule has 2 aromatic carbocycles. The zero-order valence-corrected chi connectivity index (χ0v) is 17.7. The highest BCUT2D eigenvalue weighted by atomic mass is 32.1. The summed E-state index contributed by atoms with van der Waals surface area (Å²) in [6.45, 7) is 3.25. The maximum atomic E-state index is 13.1. The predicted octanol–water partition coefficient (Wildman–Crippen LogP) is 3.73. The van der Waals surface area contributed by atoms with Gasteiger partial charge in [-0.15, -0.1) is 11.3 Å². The van der Waals surface area contributed by atoms with Crippen molar-refractivity contribution in [2.24, 2.45) is 0 Å². The summed E-state index contributed by atoms with van der Waals surface area (Å²) >= 11 is 1.53. The molecule has 2 amide bonds. The lowest BCUT2D eigenvalue weighted by Gasteiger charge is -2.22. The third kappa shape index (κ3) is 4.75. The number of nitrogens with zero attached hydrogens (tertiary/aromatic N) is 3. The summed E-state index contributed by atoms with van der Waals surface area (Å²) in [5, 5.41) is 3.62. The number of thiazole rings is 1. The second kappa shape index (κ2) is 9.19. The molecule has 1 N–H and O–H groups in total. The number of aromatic nitrogens is 1. The van der Waals surface area contributed by atoms with E-state index < -0.39 is 0 Å². The maximum Gasteiger partial charge on any atom is 0.256 e. The third-order valence-electron chi connectivity index (χ3n) is 5.11. The van der Waals surface area contributed by atoms with E-state index in [1.165, 1.54) is 17.4 Å². The molecule has 0 radical (unpaired) electrons. The monoisotopic (exact) mass is 420 g/mol. The van der Waals surface area contributed by atoms with Gasteiger partial charge in [0.2, 0.25) is 5.91 Å². The first-order valence-electron chi connectivity index (χ1n) is 10.0. The number of anilines is 1. The lowest BCUT2D eigenvalue weighted by molar-refractivity contribution is -0.111. The van der Waals surface area contributed by atoms with Crippen molar-refractivity contribution in [1.82, 2.24) is 14.8 Å². The number of rotatable bonds is 4. The second-order valence-electron chi connectivity index (χ2n) is 7.34. The minimum atomic E-state index is -0.287. The van der Waals surface area contributed by atoms with Gasteiger partial charge in [0.05, 0.1) is 21.5 Å². The summed E-state index contributed by atoms with van der Waals surface area (Å²) in [6.07, 6.45) is 4.11. The smallest absolute Gasteiger partial charge is 0.256 e. The number of hydrogen-bond acceptors (Lipinski definition) is 5. The molecule has 1 aromatic heterocycles. The van der Waals surface area contributed by atoms with Crippen molar-refractivity contribution in [2.45, 2.75) is 6.42 Å². The van der Waals surface area contributed by atoms with E-state index in [1.54, 1.807) is 18.2 Å². The van der Waals surface area contributed by atoms with Gasteiger partial charge in [0.25, 0.3) is 5.91 Å². The molecule has 2 heterocycles. The van der Waals surface area contributed by atoms with Crippen molar-refractivity contribution >= 4 is 45.1 Å². The molecule has 1 aliphatic heterocycles. The van der Waals surface area contributed by atoms with E-state index in [0.29, 0.717) is 17.8 Å². The first-order chi connectivity index (χ1) is 14.6. The molecule has 0 saturated carbocycles. The first-order valence-corrected chi connectivity index (χ1v) is 10.8. The van der Waals surface area contributed by atoms with Crippen LogP contribution in [-0.2, 0) is 4.79 Å². The molecule has 7 heteroatoms. The average Bonchev–Trinajstić information content (AvgIpc) is 3.05. The summed E-state index contributed by atoms with van der Waals surface area (Å²) in [7, 11) is 2.07. The van der Waals surface area contributed by atoms with Gasteiger partial charge < -0.3 is 15.1 Å². The van der Waals surface area contributed by atoms with E-state index in [1.807, 2.05) is 41.3 Å². The van der Waals surface area contributed by atoms with Gasteiger partial charge >= 0.3 is 0 Å². The Kier molecular flexibility index (Phi) is 6.21. The molecule has 3 aromatic rings. The Morgan fingerprint density at radius 2 is 1.83 bits per heavy atom. The van der Waals surface area contributed by atoms with E-state index in [9.17, 15) is 9.59 Å². The highest BCUT2D eigenvalue weighted by Gasteiger charge is 2.21. The van der Waals surface area contributed by atoms with Gasteiger partial charge in [-0.25, -0.2) is 4.98 Å². The van der Waals surface area contributed by atoms with Crippen LogP contribution < -0.4 is 5.32 Å². The molecule has 1 aliphatic rings. The molecule has 0 atom stereocenters. The number of para-hydroxylation sites is 2. The predicted molar refractivity (Wildman–Crippen MR) is 122 cm³/mol. The highest BCUT2D eigenvalue weighted by molar-refractivity contribution is 7.19. The van der Waals surface area contributed by atoms with E-state index >= 15 is 0 Å². The van der Waals surface area contributed by atoms with Crippen LogP contribution in [0.2, 0.25) is 0 Å². The van der Waals surface area contributed by atoms with E-state index in [0.717, 1.165) is 41.3 Å². The van der Waals surface area contributed by atoms with Crippen molar-refractivity contribution in [3.8, 4) is 0 Å². The quantitative estimate of drug-likeness (QED) is 0.654. The summed E-state index contributed by atoms with van der Waals surface area (Å²) in [4.78, 5) is 34.2. The summed E-state index contributed by atoms with van der Waals surface area (Å²) < 4.78 is 1.08.